The quantitative estimate of drug-likeness (QED) is 0.0195. The molecule has 9 nitrogen and oxygen atoms in total. The minimum Gasteiger partial charge on any atom is -0.545 e. The van der Waals surface area contributed by atoms with Crippen LogP contribution in [-0.4, -0.2) is 82.3 Å². The summed E-state index contributed by atoms with van der Waals surface area (Å²) >= 11 is 0. The zero-order valence-corrected chi connectivity index (χ0v) is 47.6. The second-order valence-electron chi connectivity index (χ2n) is 22.0. The van der Waals surface area contributed by atoms with Gasteiger partial charge in [0.05, 0.1) is 40.3 Å². The Kier molecular flexibility index (Phi) is 52.3. The number of carbonyl (C=O) groups excluding carboxylic acids is 3. The molecule has 2 atom stereocenters. The number of hydrogen-bond acceptors (Lipinski definition) is 8. The summed E-state index contributed by atoms with van der Waals surface area (Å²) in [6.45, 7) is 4.75. The first kappa shape index (κ1) is 68.8. The molecule has 0 heterocycles. The number of allylic oxidation sites excluding steroid dienone is 4. The second-order valence-corrected chi connectivity index (χ2v) is 22.0. The molecule has 71 heavy (non-hydrogen) atoms. The van der Waals surface area contributed by atoms with Crippen molar-refractivity contribution in [1.29, 1.82) is 0 Å². The third-order valence-electron chi connectivity index (χ3n) is 13.7. The van der Waals surface area contributed by atoms with Crippen molar-refractivity contribution in [2.45, 2.75) is 309 Å². The van der Waals surface area contributed by atoms with Gasteiger partial charge in [0.15, 0.2) is 12.4 Å². The highest BCUT2D eigenvalue weighted by molar-refractivity contribution is 5.70. The predicted molar refractivity (Wildman–Crippen MR) is 297 cm³/mol. The Morgan fingerprint density at radius 2 is 0.761 bits per heavy atom. The molecule has 0 aromatic heterocycles. The lowest BCUT2D eigenvalue weighted by molar-refractivity contribution is -0.870. The van der Waals surface area contributed by atoms with Gasteiger partial charge in [0, 0.05) is 12.8 Å². The van der Waals surface area contributed by atoms with E-state index >= 15 is 0 Å². The maximum Gasteiger partial charge on any atom is 0.306 e. The van der Waals surface area contributed by atoms with Crippen LogP contribution >= 0.6 is 0 Å². The average molecular weight is 1000 g/mol. The van der Waals surface area contributed by atoms with Crippen LogP contribution in [0.3, 0.4) is 0 Å². The summed E-state index contributed by atoms with van der Waals surface area (Å²) in [4.78, 5) is 37.1. The predicted octanol–water partition coefficient (Wildman–Crippen LogP) is 16.6. The van der Waals surface area contributed by atoms with Crippen LogP contribution in [-0.2, 0) is 33.3 Å². The second kappa shape index (κ2) is 54.0. The van der Waals surface area contributed by atoms with E-state index in [1.165, 1.54) is 225 Å². The summed E-state index contributed by atoms with van der Waals surface area (Å²) < 4.78 is 22.6. The Labute approximate surface area is 439 Å². The van der Waals surface area contributed by atoms with Crippen molar-refractivity contribution in [3.8, 4) is 0 Å². The van der Waals surface area contributed by atoms with Crippen molar-refractivity contribution < 1.29 is 42.9 Å². The van der Waals surface area contributed by atoms with Gasteiger partial charge in [0.1, 0.15) is 13.2 Å². The molecule has 9 heteroatoms. The highest BCUT2D eigenvalue weighted by Gasteiger charge is 2.22. The number of hydrogen-bond donors (Lipinski definition) is 0. The molecule has 0 fully saturated rings. The summed E-state index contributed by atoms with van der Waals surface area (Å²) in [6, 6.07) is 0. The first-order valence-electron chi connectivity index (χ1n) is 30.5. The van der Waals surface area contributed by atoms with Gasteiger partial charge in [-0.2, -0.15) is 0 Å². The minimum atomic E-state index is -1.61. The molecule has 0 saturated carbocycles. The Hall–Kier alpha value is -2.23. The molecular formula is C62H117NO8. The fourth-order valence-electron chi connectivity index (χ4n) is 8.98. The van der Waals surface area contributed by atoms with Crippen LogP contribution in [0.4, 0.5) is 0 Å². The van der Waals surface area contributed by atoms with Gasteiger partial charge in [-0.25, -0.2) is 0 Å². The Balaban J connectivity index is 3.88. The molecule has 0 radical (unpaired) electrons. The van der Waals surface area contributed by atoms with Gasteiger partial charge >= 0.3 is 11.9 Å². The summed E-state index contributed by atoms with van der Waals surface area (Å²) in [7, 11) is 5.92. The number of carbonyl (C=O) groups is 3. The molecule has 0 aromatic rings. The lowest BCUT2D eigenvalue weighted by atomic mass is 10.0. The molecule has 0 rings (SSSR count). The monoisotopic (exact) mass is 1000 g/mol. The van der Waals surface area contributed by atoms with Gasteiger partial charge in [0.2, 0.25) is 0 Å². The number of aliphatic carboxylic acids is 1. The van der Waals surface area contributed by atoms with E-state index in [2.05, 4.69) is 38.2 Å². The maximum atomic E-state index is 12.8. The topological polar surface area (TPSA) is 111 Å². The lowest BCUT2D eigenvalue weighted by Gasteiger charge is -2.26. The fourth-order valence-corrected chi connectivity index (χ4v) is 8.98. The maximum absolute atomic E-state index is 12.8. The van der Waals surface area contributed by atoms with E-state index in [1.54, 1.807) is 0 Å². The van der Waals surface area contributed by atoms with Crippen LogP contribution in [0, 0.1) is 0 Å². The van der Waals surface area contributed by atoms with Crippen LogP contribution < -0.4 is 5.11 Å². The van der Waals surface area contributed by atoms with E-state index < -0.39 is 24.3 Å². The number of nitrogens with zero attached hydrogens (tertiary/aromatic N) is 1. The van der Waals surface area contributed by atoms with Crippen LogP contribution in [0.1, 0.15) is 296 Å². The number of quaternary nitrogens is 1. The summed E-state index contributed by atoms with van der Waals surface area (Å²) in [5.41, 5.74) is 0. The molecule has 0 saturated heterocycles. The number of likely N-dealkylation sites (N-methyl/N-ethyl adjacent to an activating group) is 1. The van der Waals surface area contributed by atoms with Crippen molar-refractivity contribution >= 4 is 17.9 Å². The molecular weight excluding hydrogens is 887 g/mol. The normalized spacial score (nSPS) is 12.9. The van der Waals surface area contributed by atoms with E-state index in [0.717, 1.165) is 44.9 Å². The van der Waals surface area contributed by atoms with Gasteiger partial charge in [-0.3, -0.25) is 9.59 Å². The van der Waals surface area contributed by atoms with Crippen molar-refractivity contribution in [3.05, 3.63) is 24.3 Å². The molecule has 0 aromatic carbocycles. The standard InChI is InChI=1S/C62H117NO8/c1-6-8-10-12-14-16-17-18-19-20-21-22-23-24-25-26-27-28-29-30-31-32-33-34-35-36-37-38-39-40-41-42-43-45-47-49-51-53-60(65)71-58(57-70-62(61(66)67)68-55-54-63(3,4)5)56-69-59(64)52-50-48-46-44-15-13-11-9-7-2/h17-18,20-21,58,62H,6-16,19,22-57H2,1-5H3/b18-17-,21-20-. The third-order valence-corrected chi connectivity index (χ3v) is 13.7. The van der Waals surface area contributed by atoms with E-state index in [1.807, 2.05) is 21.1 Å². The van der Waals surface area contributed by atoms with E-state index in [9.17, 15) is 19.5 Å². The summed E-state index contributed by atoms with van der Waals surface area (Å²) in [5.74, 6) is -2.27. The first-order chi connectivity index (χ1) is 34.6. The number of rotatable bonds is 57. The fraction of sp³-hybridized carbons (Fsp3) is 0.887. The van der Waals surface area contributed by atoms with Crippen LogP contribution in [0.25, 0.3) is 0 Å². The molecule has 0 aliphatic carbocycles. The van der Waals surface area contributed by atoms with Crippen LogP contribution in [0.15, 0.2) is 24.3 Å². The molecule has 0 aliphatic rings. The van der Waals surface area contributed by atoms with Crippen molar-refractivity contribution in [2.24, 2.45) is 0 Å². The SMILES string of the molecule is CCCCCCC/C=C\C/C=C\CCCCCCCCCCCCCCCCCCCCCCCCCCCC(=O)OC(COC(=O)CCCCCCCCCCC)COC(OCC[N+](C)(C)C)C(=O)[O-]. The Morgan fingerprint density at radius 1 is 0.423 bits per heavy atom. The number of esters is 2. The number of unbranched alkanes of at least 4 members (excludes halogenated alkanes) is 38. The van der Waals surface area contributed by atoms with Gasteiger partial charge < -0.3 is 33.3 Å². The minimum absolute atomic E-state index is 0.151. The van der Waals surface area contributed by atoms with Crippen molar-refractivity contribution in [1.82, 2.24) is 0 Å². The zero-order valence-electron chi connectivity index (χ0n) is 47.6. The highest BCUT2D eigenvalue weighted by Crippen LogP contribution is 2.18. The smallest absolute Gasteiger partial charge is 0.306 e. The molecule has 0 N–H and O–H groups in total. The van der Waals surface area contributed by atoms with Gasteiger partial charge in [-0.1, -0.05) is 263 Å². The first-order valence-corrected chi connectivity index (χ1v) is 30.5. The molecule has 2 unspecified atom stereocenters. The van der Waals surface area contributed by atoms with Crippen molar-refractivity contribution in [2.75, 3.05) is 47.5 Å². The number of carboxylic acid groups (broad SMARTS) is 1. The van der Waals surface area contributed by atoms with Crippen LogP contribution in [0.5, 0.6) is 0 Å². The van der Waals surface area contributed by atoms with Gasteiger partial charge in [-0.05, 0) is 44.9 Å². The molecule has 0 aliphatic heterocycles. The highest BCUT2D eigenvalue weighted by atomic mass is 16.7. The molecule has 0 spiro atoms. The van der Waals surface area contributed by atoms with Crippen molar-refractivity contribution in [3.63, 3.8) is 0 Å². The molecule has 0 amide bonds. The van der Waals surface area contributed by atoms with E-state index in [-0.39, 0.29) is 32.2 Å². The van der Waals surface area contributed by atoms with E-state index in [0.29, 0.717) is 17.4 Å². The third kappa shape index (κ3) is 55.4. The van der Waals surface area contributed by atoms with Gasteiger partial charge in [-0.15, -0.1) is 0 Å². The molecule has 0 bridgehead atoms. The summed E-state index contributed by atoms with van der Waals surface area (Å²) in [6.07, 6.45) is 61.4. The van der Waals surface area contributed by atoms with Gasteiger partial charge in [0.25, 0.3) is 0 Å². The van der Waals surface area contributed by atoms with Crippen LogP contribution in [0.2, 0.25) is 0 Å². The number of ether oxygens (including phenoxy) is 4. The Morgan fingerprint density at radius 3 is 1.11 bits per heavy atom. The largest absolute Gasteiger partial charge is 0.545 e. The zero-order chi connectivity index (χ0) is 52.0. The molecule has 418 valence electrons. The number of carboxylic acids is 1. The average Bonchev–Trinajstić information content (AvgIpc) is 3.34. The van der Waals surface area contributed by atoms with E-state index in [4.69, 9.17) is 18.9 Å². The summed E-state index contributed by atoms with van der Waals surface area (Å²) in [5, 5.41) is 11.7. The Bertz CT molecular complexity index is 1210. The lowest BCUT2D eigenvalue weighted by Crippen LogP contribution is -2.44.